The van der Waals surface area contributed by atoms with Crippen LogP contribution >= 0.6 is 11.6 Å². The van der Waals surface area contributed by atoms with Crippen LogP contribution in [0.4, 0.5) is 5.69 Å². The molecule has 1 aliphatic carbocycles. The van der Waals surface area contributed by atoms with Crippen molar-refractivity contribution in [2.75, 3.05) is 24.5 Å². The van der Waals surface area contributed by atoms with E-state index in [1.54, 1.807) is 6.92 Å². The third-order valence-electron chi connectivity index (χ3n) is 7.97. The Morgan fingerprint density at radius 2 is 1.69 bits per heavy atom. The first-order chi connectivity index (χ1) is 17.0. The van der Waals surface area contributed by atoms with Crippen LogP contribution < -0.4 is 4.90 Å². The summed E-state index contributed by atoms with van der Waals surface area (Å²) in [4.78, 5) is 33.2. The number of carbonyl (C=O) groups is 2. The normalized spacial score (nSPS) is 23.4. The van der Waals surface area contributed by atoms with Crippen molar-refractivity contribution >= 4 is 29.1 Å². The zero-order valence-corrected chi connectivity index (χ0v) is 21.4. The summed E-state index contributed by atoms with van der Waals surface area (Å²) >= 11 is 6.42. The van der Waals surface area contributed by atoms with Crippen LogP contribution in [0.15, 0.2) is 48.5 Å². The fourth-order valence-corrected chi connectivity index (χ4v) is 6.09. The molecule has 2 aromatic rings. The molecule has 0 spiro atoms. The lowest BCUT2D eigenvalue weighted by Crippen LogP contribution is -2.53. The number of benzene rings is 2. The van der Waals surface area contributed by atoms with Crippen LogP contribution in [0.5, 0.6) is 0 Å². The number of rotatable bonds is 4. The Morgan fingerprint density at radius 1 is 0.943 bits per heavy atom. The van der Waals surface area contributed by atoms with Gasteiger partial charge >= 0.3 is 0 Å². The number of nitrogens with zero attached hydrogens (tertiary/aromatic N) is 3. The van der Waals surface area contributed by atoms with Crippen molar-refractivity contribution in [3.8, 4) is 0 Å². The molecule has 2 heterocycles. The summed E-state index contributed by atoms with van der Waals surface area (Å²) < 4.78 is 0. The number of para-hydroxylation sites is 1. The fraction of sp³-hybridized carbons (Fsp3) is 0.517. The molecule has 2 aliphatic heterocycles. The lowest BCUT2D eigenvalue weighted by atomic mass is 9.92. The van der Waals surface area contributed by atoms with Crippen LogP contribution in [0, 0.1) is 5.92 Å². The largest absolute Gasteiger partial charge is 0.336 e. The fourth-order valence-electron chi connectivity index (χ4n) is 5.89. The molecule has 0 aromatic heterocycles. The molecule has 2 bridgehead atoms. The molecule has 1 saturated heterocycles. The van der Waals surface area contributed by atoms with Crippen molar-refractivity contribution in [2.45, 2.75) is 70.5 Å². The summed E-state index contributed by atoms with van der Waals surface area (Å²) in [7, 11) is 0. The van der Waals surface area contributed by atoms with Crippen LogP contribution in [0.25, 0.3) is 0 Å². The zero-order chi connectivity index (χ0) is 24.4. The van der Waals surface area contributed by atoms with Gasteiger partial charge in [0.05, 0.1) is 6.42 Å². The first-order valence-corrected chi connectivity index (χ1v) is 13.5. The molecule has 0 N–H and O–H groups in total. The predicted octanol–water partition coefficient (Wildman–Crippen LogP) is 5.30. The van der Waals surface area contributed by atoms with Crippen LogP contribution in [0.1, 0.15) is 56.6 Å². The highest BCUT2D eigenvalue weighted by atomic mass is 35.5. The molecule has 6 heteroatoms. The highest BCUT2D eigenvalue weighted by Gasteiger charge is 2.37. The first kappa shape index (κ1) is 24.3. The third kappa shape index (κ3) is 5.73. The standard InChI is InChI=1S/C29H36ClN3O2/c1-21(34)32-16-15-25-9-6-10-26(33(25)18-22-13-14-22)20-31(19-24-8-3-5-12-28(24)32)29(35)17-23-7-2-4-11-27(23)30/h2-5,7-8,11-12,22,25-26H,6,9-10,13-20H2,1H3. The van der Waals surface area contributed by atoms with Gasteiger partial charge in [0.25, 0.3) is 0 Å². The Morgan fingerprint density at radius 3 is 2.46 bits per heavy atom. The topological polar surface area (TPSA) is 43.9 Å². The van der Waals surface area contributed by atoms with E-state index in [1.807, 2.05) is 52.3 Å². The number of hydrogen-bond donors (Lipinski definition) is 0. The molecule has 5 nitrogen and oxygen atoms in total. The van der Waals surface area contributed by atoms with Crippen LogP contribution in [0.3, 0.4) is 0 Å². The summed E-state index contributed by atoms with van der Waals surface area (Å²) in [6.07, 6.45) is 7.37. The van der Waals surface area contributed by atoms with Crippen molar-refractivity contribution in [2.24, 2.45) is 5.92 Å². The minimum Gasteiger partial charge on any atom is -0.336 e. The lowest BCUT2D eigenvalue weighted by molar-refractivity contribution is -0.132. The third-order valence-corrected chi connectivity index (χ3v) is 8.34. The van der Waals surface area contributed by atoms with Gasteiger partial charge < -0.3 is 9.80 Å². The maximum absolute atomic E-state index is 13.8. The number of amides is 2. The van der Waals surface area contributed by atoms with Gasteiger partial charge in [-0.15, -0.1) is 0 Å². The minimum absolute atomic E-state index is 0.0618. The van der Waals surface area contributed by atoms with E-state index in [9.17, 15) is 9.59 Å². The first-order valence-electron chi connectivity index (χ1n) is 13.1. The number of fused-ring (bicyclic) bond motifs is 3. The van der Waals surface area contributed by atoms with Gasteiger partial charge in [-0.25, -0.2) is 0 Å². The van der Waals surface area contributed by atoms with E-state index in [0.29, 0.717) is 23.7 Å². The summed E-state index contributed by atoms with van der Waals surface area (Å²) in [5, 5.41) is 0.634. The van der Waals surface area contributed by atoms with Gasteiger partial charge in [-0.05, 0) is 61.3 Å². The van der Waals surface area contributed by atoms with Gasteiger partial charge in [0.15, 0.2) is 0 Å². The Balaban J connectivity index is 1.50. The second-order valence-electron chi connectivity index (χ2n) is 10.5. The lowest BCUT2D eigenvalue weighted by Gasteiger charge is -2.44. The molecule has 35 heavy (non-hydrogen) atoms. The average molecular weight is 494 g/mol. The molecule has 0 radical (unpaired) electrons. The van der Waals surface area contributed by atoms with E-state index < -0.39 is 0 Å². The van der Waals surface area contributed by atoms with E-state index in [-0.39, 0.29) is 18.2 Å². The molecule has 2 unspecified atom stereocenters. The van der Waals surface area contributed by atoms with Gasteiger partial charge in [-0.1, -0.05) is 54.4 Å². The van der Waals surface area contributed by atoms with Crippen molar-refractivity contribution in [1.82, 2.24) is 9.80 Å². The van der Waals surface area contributed by atoms with Crippen molar-refractivity contribution < 1.29 is 9.59 Å². The molecule has 2 fully saturated rings. The van der Waals surface area contributed by atoms with Crippen LogP contribution in [-0.2, 0) is 22.6 Å². The second-order valence-corrected chi connectivity index (χ2v) is 10.9. The van der Waals surface area contributed by atoms with E-state index >= 15 is 0 Å². The molecule has 2 atom stereocenters. The Bertz CT molecular complexity index is 1070. The number of halogens is 1. The number of piperidine rings is 1. The Labute approximate surface area is 214 Å². The molecule has 2 aromatic carbocycles. The van der Waals surface area contributed by atoms with Gasteiger partial charge in [-0.2, -0.15) is 0 Å². The summed E-state index contributed by atoms with van der Waals surface area (Å²) in [6.45, 7) is 4.72. The molecular weight excluding hydrogens is 458 g/mol. The highest BCUT2D eigenvalue weighted by molar-refractivity contribution is 6.31. The zero-order valence-electron chi connectivity index (χ0n) is 20.7. The summed E-state index contributed by atoms with van der Waals surface area (Å²) in [6, 6.07) is 16.5. The molecule has 5 rings (SSSR count). The van der Waals surface area contributed by atoms with Crippen LogP contribution in [0.2, 0.25) is 5.02 Å². The quantitative estimate of drug-likeness (QED) is 0.580. The minimum atomic E-state index is 0.0618. The van der Waals surface area contributed by atoms with E-state index in [4.69, 9.17) is 11.6 Å². The molecule has 2 amide bonds. The van der Waals surface area contributed by atoms with Crippen molar-refractivity contribution in [1.29, 1.82) is 0 Å². The maximum atomic E-state index is 13.8. The van der Waals surface area contributed by atoms with E-state index in [2.05, 4.69) is 11.0 Å². The monoisotopic (exact) mass is 493 g/mol. The van der Waals surface area contributed by atoms with Crippen molar-refractivity contribution in [3.63, 3.8) is 0 Å². The maximum Gasteiger partial charge on any atom is 0.227 e. The van der Waals surface area contributed by atoms with Crippen molar-refractivity contribution in [3.05, 3.63) is 64.7 Å². The van der Waals surface area contributed by atoms with E-state index in [1.165, 1.54) is 25.7 Å². The van der Waals surface area contributed by atoms with Gasteiger partial charge in [0.1, 0.15) is 0 Å². The second kappa shape index (κ2) is 10.7. The smallest absolute Gasteiger partial charge is 0.227 e. The molecule has 1 saturated carbocycles. The number of anilines is 1. The summed E-state index contributed by atoms with van der Waals surface area (Å²) in [5.74, 6) is 0.943. The number of hydrogen-bond acceptors (Lipinski definition) is 3. The predicted molar refractivity (Wildman–Crippen MR) is 141 cm³/mol. The van der Waals surface area contributed by atoms with E-state index in [0.717, 1.165) is 55.2 Å². The van der Waals surface area contributed by atoms with Gasteiger partial charge in [0, 0.05) is 55.9 Å². The number of carbonyl (C=O) groups excluding carboxylic acids is 2. The Hall–Kier alpha value is -2.37. The van der Waals surface area contributed by atoms with Gasteiger partial charge in [-0.3, -0.25) is 14.5 Å². The Kier molecular flexibility index (Phi) is 7.45. The average Bonchev–Trinajstić information content (AvgIpc) is 3.66. The summed E-state index contributed by atoms with van der Waals surface area (Å²) in [5.41, 5.74) is 2.82. The molecule has 3 aliphatic rings. The molecule has 186 valence electrons. The molecular formula is C29H36ClN3O2. The van der Waals surface area contributed by atoms with Crippen LogP contribution in [-0.4, -0.2) is 53.3 Å². The SMILES string of the molecule is CC(=O)N1CCC2CCCC(CN(C(=O)Cc3ccccc3Cl)Cc3ccccc31)N2CC1CC1. The highest BCUT2D eigenvalue weighted by Crippen LogP contribution is 2.36. The van der Waals surface area contributed by atoms with Gasteiger partial charge in [0.2, 0.25) is 11.8 Å².